The molecule has 0 bridgehead atoms. The molecule has 0 aliphatic carbocycles. The zero-order valence-electron chi connectivity index (χ0n) is 12.0. The van der Waals surface area contributed by atoms with Gasteiger partial charge in [0.15, 0.2) is 11.5 Å². The highest BCUT2D eigenvalue weighted by molar-refractivity contribution is 5.94. The first-order valence-electron chi connectivity index (χ1n) is 7.00. The Bertz CT molecular complexity index is 618. The topological polar surface area (TPSA) is 64.6 Å². The maximum Gasteiger partial charge on any atom is 0.231 e. The van der Waals surface area contributed by atoms with Crippen LogP contribution in [0.15, 0.2) is 24.4 Å². The van der Waals surface area contributed by atoms with E-state index in [1.54, 1.807) is 13.3 Å². The average Bonchev–Trinajstić information content (AvgIpc) is 2.96. The molecule has 0 unspecified atom stereocenters. The molecule has 0 fully saturated rings. The lowest BCUT2D eigenvalue weighted by molar-refractivity contribution is 0.174. The van der Waals surface area contributed by atoms with E-state index < -0.39 is 0 Å². The molecule has 6 nitrogen and oxygen atoms in total. The maximum atomic E-state index is 5.43. The van der Waals surface area contributed by atoms with E-state index in [9.17, 15) is 0 Å². The number of nitrogens with zero attached hydrogens (tertiary/aromatic N) is 1. The summed E-state index contributed by atoms with van der Waals surface area (Å²) in [5, 5.41) is 8.76. The number of anilines is 1. The van der Waals surface area contributed by atoms with Crippen molar-refractivity contribution < 1.29 is 14.2 Å². The van der Waals surface area contributed by atoms with Gasteiger partial charge in [-0.2, -0.15) is 0 Å². The molecule has 1 aromatic heterocycles. The summed E-state index contributed by atoms with van der Waals surface area (Å²) in [5.41, 5.74) is 0. The molecule has 21 heavy (non-hydrogen) atoms. The minimum atomic E-state index is 0.283. The quantitative estimate of drug-likeness (QED) is 0.755. The van der Waals surface area contributed by atoms with Crippen LogP contribution in [0.25, 0.3) is 10.8 Å². The molecule has 6 heteroatoms. The van der Waals surface area contributed by atoms with Crippen LogP contribution < -0.4 is 20.1 Å². The second-order valence-electron chi connectivity index (χ2n) is 4.76. The lowest BCUT2D eigenvalue weighted by Gasteiger charge is -2.10. The van der Waals surface area contributed by atoms with Gasteiger partial charge in [0, 0.05) is 38.3 Å². The highest BCUT2D eigenvalue weighted by atomic mass is 16.7. The second-order valence-corrected chi connectivity index (χ2v) is 4.76. The molecule has 2 aromatic rings. The van der Waals surface area contributed by atoms with Crippen molar-refractivity contribution in [2.75, 3.05) is 45.5 Å². The molecule has 0 saturated heterocycles. The van der Waals surface area contributed by atoms with Gasteiger partial charge in [-0.1, -0.05) is 0 Å². The minimum absolute atomic E-state index is 0.283. The number of ether oxygens (including phenoxy) is 3. The summed E-state index contributed by atoms with van der Waals surface area (Å²) in [4.78, 5) is 4.41. The van der Waals surface area contributed by atoms with E-state index in [0.717, 1.165) is 54.3 Å². The molecule has 3 rings (SSSR count). The van der Waals surface area contributed by atoms with E-state index in [2.05, 4.69) is 15.6 Å². The molecule has 1 aliphatic heterocycles. The summed E-state index contributed by atoms with van der Waals surface area (Å²) in [7, 11) is 1.70. The molecule has 0 atom stereocenters. The zero-order chi connectivity index (χ0) is 14.5. The Morgan fingerprint density at radius 1 is 1.19 bits per heavy atom. The van der Waals surface area contributed by atoms with E-state index >= 15 is 0 Å². The summed E-state index contributed by atoms with van der Waals surface area (Å²) in [6, 6.07) is 5.94. The van der Waals surface area contributed by atoms with Gasteiger partial charge < -0.3 is 24.8 Å². The normalized spacial score (nSPS) is 12.8. The van der Waals surface area contributed by atoms with Crippen LogP contribution in [-0.2, 0) is 4.74 Å². The van der Waals surface area contributed by atoms with Crippen LogP contribution in [0.1, 0.15) is 0 Å². The van der Waals surface area contributed by atoms with E-state index in [1.165, 1.54) is 0 Å². The van der Waals surface area contributed by atoms with Crippen LogP contribution in [0.2, 0.25) is 0 Å². The lowest BCUT2D eigenvalue weighted by atomic mass is 10.1. The first kappa shape index (κ1) is 13.9. The van der Waals surface area contributed by atoms with Crippen molar-refractivity contribution in [3.05, 3.63) is 24.4 Å². The zero-order valence-corrected chi connectivity index (χ0v) is 12.0. The Kier molecular flexibility index (Phi) is 4.37. The third kappa shape index (κ3) is 3.17. The second kappa shape index (κ2) is 6.60. The molecule has 0 spiro atoms. The molecule has 112 valence electrons. The van der Waals surface area contributed by atoms with E-state index in [1.807, 2.05) is 18.2 Å². The molecule has 1 aromatic carbocycles. The van der Waals surface area contributed by atoms with Crippen molar-refractivity contribution in [2.24, 2.45) is 0 Å². The van der Waals surface area contributed by atoms with Gasteiger partial charge in [-0.3, -0.25) is 0 Å². The van der Waals surface area contributed by atoms with Gasteiger partial charge in [-0.05, 0) is 23.6 Å². The third-order valence-corrected chi connectivity index (χ3v) is 3.33. The molecule has 0 amide bonds. The fraction of sp³-hybridized carbons (Fsp3) is 0.400. The largest absolute Gasteiger partial charge is 0.454 e. The number of rotatable bonds is 7. The average molecular weight is 289 g/mol. The Balaban J connectivity index is 1.67. The van der Waals surface area contributed by atoms with E-state index in [0.29, 0.717) is 0 Å². The summed E-state index contributed by atoms with van der Waals surface area (Å²) < 4.78 is 15.8. The standard InChI is InChI=1S/C15H19N3O3/c1-19-7-6-16-4-5-18-15-12-9-14-13(20-10-21-14)8-11(12)2-3-17-15/h2-3,8-9,16H,4-7,10H2,1H3,(H,17,18). The first-order valence-corrected chi connectivity index (χ1v) is 7.00. The number of methoxy groups -OCH3 is 1. The number of hydrogen-bond donors (Lipinski definition) is 2. The third-order valence-electron chi connectivity index (χ3n) is 3.33. The first-order chi connectivity index (χ1) is 10.4. The van der Waals surface area contributed by atoms with E-state index in [4.69, 9.17) is 14.2 Å². The fourth-order valence-electron chi connectivity index (χ4n) is 2.27. The SMILES string of the molecule is COCCNCCNc1nccc2cc3c(cc12)OCO3. The Morgan fingerprint density at radius 2 is 2.05 bits per heavy atom. The molecule has 2 heterocycles. The van der Waals surface area contributed by atoms with Gasteiger partial charge in [0.05, 0.1) is 6.61 Å². The van der Waals surface area contributed by atoms with Crippen molar-refractivity contribution in [1.82, 2.24) is 10.3 Å². The number of hydrogen-bond acceptors (Lipinski definition) is 6. The van der Waals surface area contributed by atoms with Gasteiger partial charge in [0.2, 0.25) is 6.79 Å². The Hall–Kier alpha value is -2.05. The number of benzene rings is 1. The van der Waals surface area contributed by atoms with Gasteiger partial charge in [0.25, 0.3) is 0 Å². The summed E-state index contributed by atoms with van der Waals surface area (Å²) >= 11 is 0. The molecule has 2 N–H and O–H groups in total. The number of aromatic nitrogens is 1. The lowest BCUT2D eigenvalue weighted by Crippen LogP contribution is -2.25. The smallest absolute Gasteiger partial charge is 0.231 e. The van der Waals surface area contributed by atoms with Gasteiger partial charge >= 0.3 is 0 Å². The van der Waals surface area contributed by atoms with E-state index in [-0.39, 0.29) is 6.79 Å². The predicted molar refractivity (Wildman–Crippen MR) is 81.1 cm³/mol. The van der Waals surface area contributed by atoms with Crippen molar-refractivity contribution >= 4 is 16.6 Å². The number of pyridine rings is 1. The maximum absolute atomic E-state index is 5.43. The van der Waals surface area contributed by atoms with Gasteiger partial charge in [0.1, 0.15) is 5.82 Å². The summed E-state index contributed by atoms with van der Waals surface area (Å²) in [6.45, 7) is 3.50. The Labute approximate surface area is 123 Å². The van der Waals surface area contributed by atoms with Crippen molar-refractivity contribution in [3.63, 3.8) is 0 Å². The van der Waals surface area contributed by atoms with Crippen molar-refractivity contribution in [3.8, 4) is 11.5 Å². The van der Waals surface area contributed by atoms with Crippen LogP contribution in [0.5, 0.6) is 11.5 Å². The Morgan fingerprint density at radius 3 is 2.90 bits per heavy atom. The molecular formula is C15H19N3O3. The fourth-order valence-corrected chi connectivity index (χ4v) is 2.27. The van der Waals surface area contributed by atoms with Crippen molar-refractivity contribution in [2.45, 2.75) is 0 Å². The predicted octanol–water partition coefficient (Wildman–Crippen LogP) is 1.61. The van der Waals surface area contributed by atoms with Crippen LogP contribution in [-0.4, -0.2) is 45.1 Å². The van der Waals surface area contributed by atoms with Crippen LogP contribution in [0.3, 0.4) is 0 Å². The molecule has 0 saturated carbocycles. The van der Waals surface area contributed by atoms with Crippen LogP contribution >= 0.6 is 0 Å². The monoisotopic (exact) mass is 289 g/mol. The highest BCUT2D eigenvalue weighted by Gasteiger charge is 2.15. The molecule has 0 radical (unpaired) electrons. The molecular weight excluding hydrogens is 270 g/mol. The van der Waals surface area contributed by atoms with Crippen LogP contribution in [0.4, 0.5) is 5.82 Å². The van der Waals surface area contributed by atoms with Crippen molar-refractivity contribution in [1.29, 1.82) is 0 Å². The number of nitrogens with one attached hydrogen (secondary N) is 2. The van der Waals surface area contributed by atoms with Gasteiger partial charge in [-0.25, -0.2) is 4.98 Å². The number of fused-ring (bicyclic) bond motifs is 2. The molecule has 1 aliphatic rings. The van der Waals surface area contributed by atoms with Gasteiger partial charge in [-0.15, -0.1) is 0 Å². The minimum Gasteiger partial charge on any atom is -0.454 e. The summed E-state index contributed by atoms with van der Waals surface area (Å²) in [5.74, 6) is 2.43. The highest BCUT2D eigenvalue weighted by Crippen LogP contribution is 2.37. The van der Waals surface area contributed by atoms with Crippen LogP contribution in [0, 0.1) is 0 Å². The summed E-state index contributed by atoms with van der Waals surface area (Å²) in [6.07, 6.45) is 1.80.